The fraction of sp³-hybridized carbons (Fsp3) is 0.571. The first-order chi connectivity index (χ1) is 9.83. The summed E-state index contributed by atoms with van der Waals surface area (Å²) in [6, 6.07) is 6.00. The van der Waals surface area contributed by atoms with Gasteiger partial charge < -0.3 is 9.80 Å². The summed E-state index contributed by atoms with van der Waals surface area (Å²) in [5, 5.41) is 0. The van der Waals surface area contributed by atoms with Crippen molar-refractivity contribution in [2.45, 2.75) is 0 Å². The number of hydrogen-bond donors (Lipinski definition) is 0. The van der Waals surface area contributed by atoms with Crippen LogP contribution in [0.3, 0.4) is 0 Å². The molecule has 0 atom stereocenters. The zero-order valence-electron chi connectivity index (χ0n) is 11.6. The molecule has 0 N–H and O–H groups in total. The number of carbonyl (C=O) groups excluding carboxylic acids is 1. The Morgan fingerprint density at radius 3 is 2.70 bits per heavy atom. The number of pyridine rings is 1. The molecule has 2 aliphatic rings. The minimum atomic E-state index is 0.279. The fourth-order valence-electron chi connectivity index (χ4n) is 2.58. The first-order valence-electron chi connectivity index (χ1n) is 7.07. The van der Waals surface area contributed by atoms with E-state index in [-0.39, 0.29) is 5.91 Å². The van der Waals surface area contributed by atoms with Gasteiger partial charge in [0.25, 0.3) is 0 Å². The number of anilines is 1. The average Bonchev–Trinajstić information content (AvgIpc) is 3.03. The predicted molar refractivity (Wildman–Crippen MR) is 81.9 cm³/mol. The van der Waals surface area contributed by atoms with Crippen molar-refractivity contribution >= 4 is 23.5 Å². The molecule has 0 aromatic carbocycles. The van der Waals surface area contributed by atoms with Crippen LogP contribution in [0.2, 0.25) is 0 Å². The maximum Gasteiger partial charge on any atom is 0.237 e. The second-order valence-electron chi connectivity index (χ2n) is 5.15. The van der Waals surface area contributed by atoms with E-state index >= 15 is 0 Å². The molecule has 20 heavy (non-hydrogen) atoms. The molecule has 3 heterocycles. The van der Waals surface area contributed by atoms with Crippen LogP contribution in [-0.4, -0.2) is 71.6 Å². The van der Waals surface area contributed by atoms with Crippen LogP contribution in [0, 0.1) is 0 Å². The van der Waals surface area contributed by atoms with Gasteiger partial charge in [-0.3, -0.25) is 9.69 Å². The van der Waals surface area contributed by atoms with Gasteiger partial charge >= 0.3 is 0 Å². The van der Waals surface area contributed by atoms with Crippen molar-refractivity contribution < 1.29 is 4.79 Å². The quantitative estimate of drug-likeness (QED) is 0.821. The van der Waals surface area contributed by atoms with Crippen LogP contribution in [0.4, 0.5) is 5.82 Å². The van der Waals surface area contributed by atoms with Gasteiger partial charge in [-0.25, -0.2) is 4.98 Å². The lowest BCUT2D eigenvalue weighted by molar-refractivity contribution is -0.131. The van der Waals surface area contributed by atoms with Crippen molar-refractivity contribution in [2.75, 3.05) is 55.8 Å². The van der Waals surface area contributed by atoms with E-state index in [0.29, 0.717) is 6.54 Å². The van der Waals surface area contributed by atoms with Crippen LogP contribution in [-0.2, 0) is 4.79 Å². The van der Waals surface area contributed by atoms with Crippen molar-refractivity contribution in [3.05, 3.63) is 24.4 Å². The monoisotopic (exact) mass is 292 g/mol. The zero-order chi connectivity index (χ0) is 13.8. The predicted octanol–water partition coefficient (Wildman–Crippen LogP) is 0.736. The second kappa shape index (κ2) is 6.45. The van der Waals surface area contributed by atoms with Crippen molar-refractivity contribution in [3.8, 4) is 0 Å². The van der Waals surface area contributed by atoms with Crippen LogP contribution in [0.25, 0.3) is 0 Å². The molecule has 0 bridgehead atoms. The summed E-state index contributed by atoms with van der Waals surface area (Å²) in [6.45, 7) is 5.23. The number of rotatable bonds is 3. The van der Waals surface area contributed by atoms with E-state index in [9.17, 15) is 4.79 Å². The van der Waals surface area contributed by atoms with Gasteiger partial charge in [0.1, 0.15) is 5.82 Å². The molecule has 1 aromatic heterocycles. The normalized spacial score (nSPS) is 20.4. The molecular weight excluding hydrogens is 272 g/mol. The Hall–Kier alpha value is -1.27. The topological polar surface area (TPSA) is 39.7 Å². The van der Waals surface area contributed by atoms with E-state index in [1.54, 1.807) is 0 Å². The van der Waals surface area contributed by atoms with E-state index < -0.39 is 0 Å². The van der Waals surface area contributed by atoms with Crippen molar-refractivity contribution in [1.29, 1.82) is 0 Å². The Kier molecular flexibility index (Phi) is 4.42. The maximum absolute atomic E-state index is 12.1. The lowest BCUT2D eigenvalue weighted by Crippen LogP contribution is -2.50. The van der Waals surface area contributed by atoms with Crippen LogP contribution >= 0.6 is 11.8 Å². The number of amides is 1. The third-order valence-electron chi connectivity index (χ3n) is 3.81. The molecule has 0 aliphatic carbocycles. The van der Waals surface area contributed by atoms with Crippen molar-refractivity contribution in [2.24, 2.45) is 0 Å². The van der Waals surface area contributed by atoms with Crippen molar-refractivity contribution in [3.63, 3.8) is 0 Å². The SMILES string of the molecule is O=C(CN1CCN(c2ccccn2)CC1)N1CCSC1. The molecule has 1 aromatic rings. The molecule has 5 nitrogen and oxygen atoms in total. The molecule has 0 saturated carbocycles. The van der Waals surface area contributed by atoms with E-state index in [1.807, 2.05) is 41.1 Å². The van der Waals surface area contributed by atoms with Crippen LogP contribution in [0.5, 0.6) is 0 Å². The van der Waals surface area contributed by atoms with Gasteiger partial charge in [-0.2, -0.15) is 0 Å². The number of nitrogens with zero attached hydrogens (tertiary/aromatic N) is 4. The molecule has 108 valence electrons. The Balaban J connectivity index is 1.47. The average molecular weight is 292 g/mol. The highest BCUT2D eigenvalue weighted by Gasteiger charge is 2.23. The molecule has 2 fully saturated rings. The van der Waals surface area contributed by atoms with Crippen LogP contribution in [0.1, 0.15) is 0 Å². The summed E-state index contributed by atoms with van der Waals surface area (Å²) in [7, 11) is 0. The summed E-state index contributed by atoms with van der Waals surface area (Å²) in [5.41, 5.74) is 0. The summed E-state index contributed by atoms with van der Waals surface area (Å²) >= 11 is 1.84. The standard InChI is InChI=1S/C14H20N4OS/c19-14(18-9-10-20-12-18)11-16-5-7-17(8-6-16)13-3-1-2-4-15-13/h1-4H,5-12H2. The number of thioether (sulfide) groups is 1. The Morgan fingerprint density at radius 2 is 2.05 bits per heavy atom. The van der Waals surface area contributed by atoms with Crippen molar-refractivity contribution in [1.82, 2.24) is 14.8 Å². The molecule has 3 rings (SSSR count). The van der Waals surface area contributed by atoms with Crippen LogP contribution in [0.15, 0.2) is 24.4 Å². The largest absolute Gasteiger partial charge is 0.354 e. The zero-order valence-corrected chi connectivity index (χ0v) is 12.4. The summed E-state index contributed by atoms with van der Waals surface area (Å²) < 4.78 is 0. The number of piperazine rings is 1. The maximum atomic E-state index is 12.1. The third kappa shape index (κ3) is 3.24. The van der Waals surface area contributed by atoms with E-state index in [4.69, 9.17) is 0 Å². The molecule has 2 saturated heterocycles. The number of carbonyl (C=O) groups is 1. The van der Waals surface area contributed by atoms with Gasteiger partial charge in [0.15, 0.2) is 0 Å². The third-order valence-corrected chi connectivity index (χ3v) is 4.78. The first kappa shape index (κ1) is 13.7. The van der Waals surface area contributed by atoms with Gasteiger partial charge in [-0.1, -0.05) is 6.07 Å². The fourth-order valence-corrected chi connectivity index (χ4v) is 3.55. The lowest BCUT2D eigenvalue weighted by Gasteiger charge is -2.35. The molecular formula is C14H20N4OS. The van der Waals surface area contributed by atoms with E-state index in [1.165, 1.54) is 0 Å². The van der Waals surface area contributed by atoms with E-state index in [0.717, 1.165) is 50.2 Å². The number of hydrogen-bond acceptors (Lipinski definition) is 5. The van der Waals surface area contributed by atoms with E-state index in [2.05, 4.69) is 14.8 Å². The van der Waals surface area contributed by atoms with Gasteiger partial charge in [-0.15, -0.1) is 11.8 Å². The highest BCUT2D eigenvalue weighted by molar-refractivity contribution is 7.99. The highest BCUT2D eigenvalue weighted by Crippen LogP contribution is 2.15. The van der Waals surface area contributed by atoms with Crippen LogP contribution < -0.4 is 4.90 Å². The van der Waals surface area contributed by atoms with Gasteiger partial charge in [-0.05, 0) is 12.1 Å². The second-order valence-corrected chi connectivity index (χ2v) is 6.22. The van der Waals surface area contributed by atoms with Gasteiger partial charge in [0, 0.05) is 44.7 Å². The number of aromatic nitrogens is 1. The molecule has 6 heteroatoms. The Bertz CT molecular complexity index is 442. The molecule has 0 radical (unpaired) electrons. The molecule has 0 unspecified atom stereocenters. The minimum Gasteiger partial charge on any atom is -0.354 e. The first-order valence-corrected chi connectivity index (χ1v) is 8.22. The van der Waals surface area contributed by atoms with Gasteiger partial charge in [0.05, 0.1) is 12.4 Å². The Labute approximate surface area is 123 Å². The molecule has 0 spiro atoms. The smallest absolute Gasteiger partial charge is 0.237 e. The molecule has 1 amide bonds. The van der Waals surface area contributed by atoms with Gasteiger partial charge in [0.2, 0.25) is 5.91 Å². The summed E-state index contributed by atoms with van der Waals surface area (Å²) in [4.78, 5) is 23.0. The summed E-state index contributed by atoms with van der Waals surface area (Å²) in [6.07, 6.45) is 1.83. The molecule has 2 aliphatic heterocycles. The lowest BCUT2D eigenvalue weighted by atomic mass is 10.3. The summed E-state index contributed by atoms with van der Waals surface area (Å²) in [5.74, 6) is 3.27. The minimum absolute atomic E-state index is 0.279. The highest BCUT2D eigenvalue weighted by atomic mass is 32.2. The Morgan fingerprint density at radius 1 is 1.20 bits per heavy atom.